The number of rotatable bonds is 2. The van der Waals surface area contributed by atoms with Crippen LogP contribution in [0.4, 0.5) is 0 Å². The standard InChI is InChI=1S/C15H12BrN3/c1-3-11-4-6-12(7-5-11)15-18-17-14-9-8-13(16)10(2)19(14)15/h3-9H,1H2,2H3. The molecule has 4 heteroatoms. The molecule has 94 valence electrons. The van der Waals surface area contributed by atoms with Crippen molar-refractivity contribution in [1.29, 1.82) is 0 Å². The number of hydrogen-bond donors (Lipinski definition) is 0. The van der Waals surface area contributed by atoms with Crippen LogP contribution in [0, 0.1) is 6.92 Å². The van der Waals surface area contributed by atoms with Crippen molar-refractivity contribution in [3.05, 3.63) is 58.7 Å². The van der Waals surface area contributed by atoms with Gasteiger partial charge in [0.25, 0.3) is 0 Å². The molecule has 3 aromatic rings. The topological polar surface area (TPSA) is 30.2 Å². The maximum Gasteiger partial charge on any atom is 0.168 e. The summed E-state index contributed by atoms with van der Waals surface area (Å²) in [6, 6.07) is 12.1. The van der Waals surface area contributed by atoms with Gasteiger partial charge in [-0.3, -0.25) is 4.40 Å². The van der Waals surface area contributed by atoms with Gasteiger partial charge in [0, 0.05) is 15.7 Å². The molecule has 2 aromatic heterocycles. The highest BCUT2D eigenvalue weighted by molar-refractivity contribution is 9.10. The minimum absolute atomic E-state index is 0.850. The SMILES string of the molecule is C=Cc1ccc(-c2nnc3ccc(Br)c(C)n23)cc1. The van der Waals surface area contributed by atoms with E-state index >= 15 is 0 Å². The zero-order valence-electron chi connectivity index (χ0n) is 10.5. The van der Waals surface area contributed by atoms with Crippen LogP contribution in [0.25, 0.3) is 23.1 Å². The number of aromatic nitrogens is 3. The second kappa shape index (κ2) is 4.63. The minimum atomic E-state index is 0.850. The monoisotopic (exact) mass is 313 g/mol. The third-order valence-corrected chi connectivity index (χ3v) is 3.99. The van der Waals surface area contributed by atoms with Crippen molar-refractivity contribution in [3.8, 4) is 11.4 Å². The number of fused-ring (bicyclic) bond motifs is 1. The first-order valence-corrected chi connectivity index (χ1v) is 6.73. The van der Waals surface area contributed by atoms with Crippen LogP contribution in [0.5, 0.6) is 0 Å². The fraction of sp³-hybridized carbons (Fsp3) is 0.0667. The molecule has 0 radical (unpaired) electrons. The van der Waals surface area contributed by atoms with Crippen LogP contribution in [0.15, 0.2) is 47.4 Å². The van der Waals surface area contributed by atoms with E-state index in [1.165, 1.54) is 0 Å². The van der Waals surface area contributed by atoms with E-state index in [2.05, 4.69) is 32.7 Å². The summed E-state index contributed by atoms with van der Waals surface area (Å²) in [5, 5.41) is 8.50. The van der Waals surface area contributed by atoms with Crippen molar-refractivity contribution >= 4 is 27.7 Å². The third kappa shape index (κ3) is 1.98. The Bertz CT molecular complexity index is 757. The van der Waals surface area contributed by atoms with Crippen LogP contribution in [0.3, 0.4) is 0 Å². The Morgan fingerprint density at radius 2 is 1.84 bits per heavy atom. The zero-order valence-corrected chi connectivity index (χ0v) is 12.1. The van der Waals surface area contributed by atoms with E-state index in [4.69, 9.17) is 0 Å². The van der Waals surface area contributed by atoms with Crippen molar-refractivity contribution in [2.75, 3.05) is 0 Å². The molecule has 0 saturated heterocycles. The molecule has 3 rings (SSSR count). The lowest BCUT2D eigenvalue weighted by molar-refractivity contribution is 1.07. The van der Waals surface area contributed by atoms with Crippen molar-refractivity contribution in [2.24, 2.45) is 0 Å². The van der Waals surface area contributed by atoms with E-state index in [1.807, 2.05) is 53.8 Å². The second-order valence-electron chi connectivity index (χ2n) is 4.31. The molecule has 0 amide bonds. The highest BCUT2D eigenvalue weighted by Crippen LogP contribution is 2.24. The van der Waals surface area contributed by atoms with Crippen molar-refractivity contribution in [2.45, 2.75) is 6.92 Å². The molecule has 0 aliphatic rings. The van der Waals surface area contributed by atoms with Gasteiger partial charge in [0.15, 0.2) is 11.5 Å². The normalized spacial score (nSPS) is 10.8. The zero-order chi connectivity index (χ0) is 13.4. The number of aryl methyl sites for hydroxylation is 1. The fourth-order valence-corrected chi connectivity index (χ4v) is 2.37. The highest BCUT2D eigenvalue weighted by atomic mass is 79.9. The molecule has 0 N–H and O–H groups in total. The van der Waals surface area contributed by atoms with E-state index in [0.717, 1.165) is 32.8 Å². The van der Waals surface area contributed by atoms with Crippen molar-refractivity contribution < 1.29 is 0 Å². The van der Waals surface area contributed by atoms with Gasteiger partial charge in [-0.05, 0) is 40.5 Å². The summed E-state index contributed by atoms with van der Waals surface area (Å²) in [6.07, 6.45) is 1.83. The largest absolute Gasteiger partial charge is 0.279 e. The first-order valence-electron chi connectivity index (χ1n) is 5.94. The lowest BCUT2D eigenvalue weighted by Crippen LogP contribution is -1.95. The molecule has 1 aromatic carbocycles. The Hall–Kier alpha value is -1.94. The first kappa shape index (κ1) is 12.1. The molecule has 0 bridgehead atoms. The molecule has 0 fully saturated rings. The summed E-state index contributed by atoms with van der Waals surface area (Å²) in [7, 11) is 0. The van der Waals surface area contributed by atoms with Crippen LogP contribution in [-0.4, -0.2) is 14.6 Å². The van der Waals surface area contributed by atoms with Gasteiger partial charge in [0.1, 0.15) is 0 Å². The number of halogens is 1. The summed E-state index contributed by atoms with van der Waals surface area (Å²) in [6.45, 7) is 5.80. The summed E-state index contributed by atoms with van der Waals surface area (Å²) < 4.78 is 3.09. The van der Waals surface area contributed by atoms with E-state index < -0.39 is 0 Å². The average molecular weight is 314 g/mol. The van der Waals surface area contributed by atoms with Crippen LogP contribution in [0.2, 0.25) is 0 Å². The van der Waals surface area contributed by atoms with Crippen LogP contribution < -0.4 is 0 Å². The van der Waals surface area contributed by atoms with Crippen LogP contribution >= 0.6 is 15.9 Å². The molecule has 0 aliphatic carbocycles. The summed E-state index contributed by atoms with van der Waals surface area (Å²) in [4.78, 5) is 0. The predicted molar refractivity (Wildman–Crippen MR) is 81.0 cm³/mol. The van der Waals surface area contributed by atoms with Crippen LogP contribution in [0.1, 0.15) is 11.3 Å². The van der Waals surface area contributed by atoms with E-state index in [9.17, 15) is 0 Å². The molecule has 3 nitrogen and oxygen atoms in total. The number of pyridine rings is 1. The van der Waals surface area contributed by atoms with Gasteiger partial charge < -0.3 is 0 Å². The van der Waals surface area contributed by atoms with Gasteiger partial charge in [-0.2, -0.15) is 0 Å². The average Bonchev–Trinajstić information content (AvgIpc) is 2.88. The molecule has 0 unspecified atom stereocenters. The van der Waals surface area contributed by atoms with E-state index in [1.54, 1.807) is 0 Å². The Labute approximate surface area is 119 Å². The molecule has 0 atom stereocenters. The lowest BCUT2D eigenvalue weighted by atomic mass is 10.1. The molecule has 2 heterocycles. The van der Waals surface area contributed by atoms with Gasteiger partial charge in [-0.15, -0.1) is 10.2 Å². The Morgan fingerprint density at radius 3 is 2.53 bits per heavy atom. The number of hydrogen-bond acceptors (Lipinski definition) is 2. The number of benzene rings is 1. The van der Waals surface area contributed by atoms with Gasteiger partial charge in [-0.25, -0.2) is 0 Å². The Kier molecular flexibility index (Phi) is 2.95. The van der Waals surface area contributed by atoms with E-state index in [-0.39, 0.29) is 0 Å². The lowest BCUT2D eigenvalue weighted by Gasteiger charge is -2.06. The molecular weight excluding hydrogens is 302 g/mol. The predicted octanol–water partition coefficient (Wildman–Crippen LogP) is 4.11. The minimum Gasteiger partial charge on any atom is -0.279 e. The fourth-order valence-electron chi connectivity index (χ4n) is 2.07. The first-order chi connectivity index (χ1) is 9.20. The second-order valence-corrected chi connectivity index (χ2v) is 5.16. The summed E-state index contributed by atoms with van der Waals surface area (Å²) in [5.41, 5.74) is 4.07. The third-order valence-electron chi connectivity index (χ3n) is 3.15. The maximum absolute atomic E-state index is 4.29. The Balaban J connectivity index is 2.24. The number of nitrogens with zero attached hydrogens (tertiary/aromatic N) is 3. The quantitative estimate of drug-likeness (QED) is 0.712. The van der Waals surface area contributed by atoms with Crippen molar-refractivity contribution in [3.63, 3.8) is 0 Å². The van der Waals surface area contributed by atoms with Crippen molar-refractivity contribution in [1.82, 2.24) is 14.6 Å². The van der Waals surface area contributed by atoms with Gasteiger partial charge in [0.05, 0.1) is 0 Å². The van der Waals surface area contributed by atoms with Gasteiger partial charge >= 0.3 is 0 Å². The van der Waals surface area contributed by atoms with Crippen LogP contribution in [-0.2, 0) is 0 Å². The maximum atomic E-state index is 4.29. The molecular formula is C15H12BrN3. The highest BCUT2D eigenvalue weighted by Gasteiger charge is 2.11. The smallest absolute Gasteiger partial charge is 0.168 e. The molecule has 0 aliphatic heterocycles. The molecule has 0 spiro atoms. The Morgan fingerprint density at radius 1 is 1.11 bits per heavy atom. The van der Waals surface area contributed by atoms with Gasteiger partial charge in [-0.1, -0.05) is 36.9 Å². The van der Waals surface area contributed by atoms with Gasteiger partial charge in [0.2, 0.25) is 0 Å². The molecule has 19 heavy (non-hydrogen) atoms. The summed E-state index contributed by atoms with van der Waals surface area (Å²) >= 11 is 3.54. The molecule has 0 saturated carbocycles. The van der Waals surface area contributed by atoms with E-state index in [0.29, 0.717) is 0 Å². The summed E-state index contributed by atoms with van der Waals surface area (Å²) in [5.74, 6) is 0.851.